The predicted octanol–water partition coefficient (Wildman–Crippen LogP) is 2.45. The van der Waals surface area contributed by atoms with E-state index in [0.717, 1.165) is 38.2 Å². The van der Waals surface area contributed by atoms with Gasteiger partial charge in [0.15, 0.2) is 9.84 Å². The first-order valence-electron chi connectivity index (χ1n) is 7.88. The third-order valence-electron chi connectivity index (χ3n) is 4.12. The van der Waals surface area contributed by atoms with E-state index in [9.17, 15) is 8.42 Å². The molecule has 118 valence electrons. The van der Waals surface area contributed by atoms with Crippen LogP contribution in [0.3, 0.4) is 0 Å². The van der Waals surface area contributed by atoms with Crippen LogP contribution in [0.2, 0.25) is 0 Å². The Morgan fingerprint density at radius 3 is 2.29 bits per heavy atom. The van der Waals surface area contributed by atoms with Crippen molar-refractivity contribution in [2.75, 3.05) is 30.3 Å². The van der Waals surface area contributed by atoms with Gasteiger partial charge in [0.2, 0.25) is 0 Å². The number of nitrogens with zero attached hydrogens (tertiary/aromatic N) is 1. The molecule has 0 aromatic heterocycles. The molecule has 1 N–H and O–H groups in total. The number of rotatable bonds is 6. The van der Waals surface area contributed by atoms with Crippen molar-refractivity contribution in [3.05, 3.63) is 24.3 Å². The Morgan fingerprint density at radius 2 is 1.76 bits per heavy atom. The Labute approximate surface area is 128 Å². The van der Waals surface area contributed by atoms with Gasteiger partial charge < -0.3 is 10.2 Å². The Balaban J connectivity index is 1.95. The Morgan fingerprint density at radius 1 is 1.14 bits per heavy atom. The van der Waals surface area contributed by atoms with Gasteiger partial charge in [-0.25, -0.2) is 8.42 Å². The zero-order chi connectivity index (χ0) is 15.3. The minimum atomic E-state index is -3.09. The quantitative estimate of drug-likeness (QED) is 0.877. The first-order chi connectivity index (χ1) is 10.1. The molecular weight excluding hydrogens is 284 g/mol. The lowest BCUT2D eigenvalue weighted by molar-refractivity contribution is 0.416. The van der Waals surface area contributed by atoms with E-state index in [1.165, 1.54) is 6.42 Å². The summed E-state index contributed by atoms with van der Waals surface area (Å²) in [6.07, 6.45) is 3.47. The van der Waals surface area contributed by atoms with Crippen molar-refractivity contribution in [1.82, 2.24) is 5.32 Å². The number of hydrogen-bond donors (Lipinski definition) is 1. The van der Waals surface area contributed by atoms with Gasteiger partial charge in [-0.1, -0.05) is 13.8 Å². The molecule has 4 nitrogen and oxygen atoms in total. The van der Waals surface area contributed by atoms with Crippen LogP contribution in [0, 0.1) is 0 Å². The van der Waals surface area contributed by atoms with Gasteiger partial charge >= 0.3 is 0 Å². The average Bonchev–Trinajstić information content (AvgIpc) is 2.53. The largest absolute Gasteiger partial charge is 0.371 e. The molecule has 0 spiro atoms. The summed E-state index contributed by atoms with van der Waals surface area (Å²) in [6, 6.07) is 7.96. The molecule has 1 fully saturated rings. The Bertz CT molecular complexity index is 532. The molecule has 1 aromatic carbocycles. The summed E-state index contributed by atoms with van der Waals surface area (Å²) in [6.45, 7) is 7.02. The van der Waals surface area contributed by atoms with Gasteiger partial charge in [-0.15, -0.1) is 0 Å². The second-order valence-electron chi connectivity index (χ2n) is 5.61. The van der Waals surface area contributed by atoms with Crippen molar-refractivity contribution in [3.63, 3.8) is 0 Å². The molecule has 21 heavy (non-hydrogen) atoms. The monoisotopic (exact) mass is 310 g/mol. The molecule has 0 aliphatic carbocycles. The molecule has 2 rings (SSSR count). The number of piperidine rings is 1. The van der Waals surface area contributed by atoms with E-state index < -0.39 is 9.84 Å². The van der Waals surface area contributed by atoms with Crippen molar-refractivity contribution < 1.29 is 8.42 Å². The summed E-state index contributed by atoms with van der Waals surface area (Å²) >= 11 is 0. The van der Waals surface area contributed by atoms with E-state index in [2.05, 4.69) is 17.1 Å². The predicted molar refractivity (Wildman–Crippen MR) is 87.7 cm³/mol. The third kappa shape index (κ3) is 4.20. The molecular formula is C16H26N2O2S. The maximum Gasteiger partial charge on any atom is 0.178 e. The molecule has 1 saturated heterocycles. The van der Waals surface area contributed by atoms with Gasteiger partial charge in [0.25, 0.3) is 0 Å². The number of hydrogen-bond acceptors (Lipinski definition) is 4. The molecule has 0 radical (unpaired) electrons. The van der Waals surface area contributed by atoms with Crippen LogP contribution in [0.25, 0.3) is 0 Å². The molecule has 0 bridgehead atoms. The van der Waals surface area contributed by atoms with Crippen LogP contribution in [0.1, 0.15) is 33.1 Å². The molecule has 0 unspecified atom stereocenters. The normalized spacial score (nSPS) is 17.1. The molecule has 1 aliphatic heterocycles. The topological polar surface area (TPSA) is 49.4 Å². The number of benzene rings is 1. The minimum absolute atomic E-state index is 0.154. The molecule has 5 heteroatoms. The van der Waals surface area contributed by atoms with Gasteiger partial charge in [-0.05, 0) is 50.1 Å². The molecule has 0 amide bonds. The van der Waals surface area contributed by atoms with Crippen molar-refractivity contribution in [2.45, 2.75) is 44.0 Å². The maximum absolute atomic E-state index is 11.8. The maximum atomic E-state index is 11.8. The highest BCUT2D eigenvalue weighted by Gasteiger charge is 2.19. The smallest absolute Gasteiger partial charge is 0.178 e. The van der Waals surface area contributed by atoms with Gasteiger partial charge in [-0.3, -0.25) is 0 Å². The van der Waals surface area contributed by atoms with E-state index in [0.29, 0.717) is 10.9 Å². The van der Waals surface area contributed by atoms with Crippen LogP contribution in [0.5, 0.6) is 0 Å². The van der Waals surface area contributed by atoms with Crippen LogP contribution in [0.15, 0.2) is 29.2 Å². The SMILES string of the molecule is CCCNC1CCN(c2ccc(S(=O)(=O)CC)cc2)CC1. The average molecular weight is 310 g/mol. The summed E-state index contributed by atoms with van der Waals surface area (Å²) in [7, 11) is -3.09. The first-order valence-corrected chi connectivity index (χ1v) is 9.53. The van der Waals surface area contributed by atoms with E-state index in [-0.39, 0.29) is 5.75 Å². The van der Waals surface area contributed by atoms with Crippen LogP contribution in [0.4, 0.5) is 5.69 Å². The molecule has 1 aromatic rings. The summed E-state index contributed by atoms with van der Waals surface area (Å²) in [5.41, 5.74) is 1.12. The van der Waals surface area contributed by atoms with Crippen LogP contribution >= 0.6 is 0 Å². The lowest BCUT2D eigenvalue weighted by Gasteiger charge is -2.34. The second kappa shape index (κ2) is 7.27. The van der Waals surface area contributed by atoms with Gasteiger partial charge in [-0.2, -0.15) is 0 Å². The lowest BCUT2D eigenvalue weighted by Crippen LogP contribution is -2.42. The zero-order valence-electron chi connectivity index (χ0n) is 13.0. The third-order valence-corrected chi connectivity index (χ3v) is 5.87. The number of nitrogens with one attached hydrogen (secondary N) is 1. The Kier molecular flexibility index (Phi) is 5.65. The van der Waals surface area contributed by atoms with Gasteiger partial charge in [0.05, 0.1) is 10.6 Å². The fraction of sp³-hybridized carbons (Fsp3) is 0.625. The van der Waals surface area contributed by atoms with Crippen LogP contribution in [-0.4, -0.2) is 39.8 Å². The van der Waals surface area contributed by atoms with Crippen molar-refractivity contribution in [2.24, 2.45) is 0 Å². The van der Waals surface area contributed by atoms with Crippen molar-refractivity contribution in [1.29, 1.82) is 0 Å². The highest BCUT2D eigenvalue weighted by molar-refractivity contribution is 7.91. The minimum Gasteiger partial charge on any atom is -0.371 e. The highest BCUT2D eigenvalue weighted by Crippen LogP contribution is 2.22. The summed E-state index contributed by atoms with van der Waals surface area (Å²) in [5, 5.41) is 3.57. The van der Waals surface area contributed by atoms with Crippen molar-refractivity contribution >= 4 is 15.5 Å². The van der Waals surface area contributed by atoms with E-state index in [1.54, 1.807) is 19.1 Å². The summed E-state index contributed by atoms with van der Waals surface area (Å²) in [4.78, 5) is 2.76. The molecule has 1 aliphatic rings. The van der Waals surface area contributed by atoms with Crippen LogP contribution < -0.4 is 10.2 Å². The zero-order valence-corrected chi connectivity index (χ0v) is 13.8. The van der Waals surface area contributed by atoms with Gasteiger partial charge in [0.1, 0.15) is 0 Å². The lowest BCUT2D eigenvalue weighted by atomic mass is 10.0. The summed E-state index contributed by atoms with van der Waals surface area (Å²) < 4.78 is 23.6. The van der Waals surface area contributed by atoms with Gasteiger partial charge in [0, 0.05) is 24.8 Å². The first kappa shape index (κ1) is 16.3. The highest BCUT2D eigenvalue weighted by atomic mass is 32.2. The van der Waals surface area contributed by atoms with Crippen LogP contribution in [-0.2, 0) is 9.84 Å². The van der Waals surface area contributed by atoms with Crippen molar-refractivity contribution in [3.8, 4) is 0 Å². The van der Waals surface area contributed by atoms with E-state index in [4.69, 9.17) is 0 Å². The fourth-order valence-electron chi connectivity index (χ4n) is 2.72. The van der Waals surface area contributed by atoms with E-state index >= 15 is 0 Å². The second-order valence-corrected chi connectivity index (χ2v) is 7.89. The summed E-state index contributed by atoms with van der Waals surface area (Å²) in [5.74, 6) is 0.154. The molecule has 1 heterocycles. The molecule has 0 saturated carbocycles. The number of anilines is 1. The molecule has 0 atom stereocenters. The number of sulfone groups is 1. The fourth-order valence-corrected chi connectivity index (χ4v) is 3.61. The standard InChI is InChI=1S/C16H26N2O2S/c1-3-11-17-14-9-12-18(13-10-14)15-5-7-16(8-6-15)21(19,20)4-2/h5-8,14,17H,3-4,9-13H2,1-2H3. The Hall–Kier alpha value is -1.07. The van der Waals surface area contributed by atoms with E-state index in [1.807, 2.05) is 12.1 Å².